The number of hydrogen-bond acceptors (Lipinski definition) is 2. The zero-order chi connectivity index (χ0) is 4.28. The maximum absolute atomic E-state index is 4.03. The molecule has 0 spiro atoms. The summed E-state index contributed by atoms with van der Waals surface area (Å²) in [6, 6.07) is 0. The van der Waals surface area contributed by atoms with Gasteiger partial charge in [0.2, 0.25) is 0 Å². The highest BCUT2D eigenvalue weighted by atomic mass is 32.1. The summed E-state index contributed by atoms with van der Waals surface area (Å²) >= 11 is 7.98. The maximum Gasteiger partial charge on any atom is 0.0261 e. The van der Waals surface area contributed by atoms with Crippen molar-refractivity contribution in [2.45, 2.75) is 4.87 Å². The van der Waals surface area contributed by atoms with Crippen LogP contribution in [0.4, 0.5) is 0 Å². The van der Waals surface area contributed by atoms with Crippen LogP contribution in [-0.2, 0) is 0 Å². The summed E-state index contributed by atoms with van der Waals surface area (Å²) in [5.41, 5.74) is 0. The molecule has 0 aromatic heterocycles. The first-order valence-corrected chi connectivity index (χ1v) is 3.36. The Balaban J connectivity index is 2.54. The fourth-order valence-corrected chi connectivity index (χ4v) is 0. The van der Waals surface area contributed by atoms with Gasteiger partial charge in [-0.2, -0.15) is 25.3 Å². The first-order valence-electron chi connectivity index (χ1n) is 1.39. The van der Waals surface area contributed by atoms with Crippen LogP contribution in [-0.4, -0.2) is 20.9 Å². The second-order valence-electron chi connectivity index (χ2n) is 0.836. The van der Waals surface area contributed by atoms with Crippen LogP contribution in [0.25, 0.3) is 0 Å². The maximum atomic E-state index is 4.03. The van der Waals surface area contributed by atoms with Crippen molar-refractivity contribution in [3.05, 3.63) is 0 Å². The van der Waals surface area contributed by atoms with Crippen molar-refractivity contribution < 1.29 is 0 Å². The molecule has 1 atom stereocenters. The Hall–Kier alpha value is 0.917. The minimum atomic E-state index is 0.471. The molecule has 0 bridgehead atoms. The smallest absolute Gasteiger partial charge is 0.0261 e. The summed E-state index contributed by atoms with van der Waals surface area (Å²) in [5, 5.41) is 0. The van der Waals surface area contributed by atoms with Gasteiger partial charge in [-0.15, -0.1) is 0 Å². The SMILES string of the molecule is [SiH2]C(S)CS. The molecular formula is C2H7S2Si. The van der Waals surface area contributed by atoms with Gasteiger partial charge in [-0.3, -0.25) is 0 Å². The lowest BCUT2D eigenvalue weighted by molar-refractivity contribution is 1.46. The predicted molar refractivity (Wildman–Crippen MR) is 35.2 cm³/mol. The molecule has 5 heavy (non-hydrogen) atoms. The summed E-state index contributed by atoms with van der Waals surface area (Å²) in [5.74, 6) is 0.877. The van der Waals surface area contributed by atoms with Crippen LogP contribution in [0.2, 0.25) is 0 Å². The molecule has 0 nitrogen and oxygen atoms in total. The average Bonchev–Trinajstić information content (AvgIpc) is 1.38. The van der Waals surface area contributed by atoms with Crippen molar-refractivity contribution in [2.75, 3.05) is 5.75 Å². The van der Waals surface area contributed by atoms with Crippen LogP contribution in [0, 0.1) is 0 Å². The first kappa shape index (κ1) is 5.92. The highest BCUT2D eigenvalue weighted by molar-refractivity contribution is 7.85. The van der Waals surface area contributed by atoms with Crippen LogP contribution >= 0.6 is 25.3 Å². The van der Waals surface area contributed by atoms with E-state index in [2.05, 4.69) is 25.3 Å². The normalized spacial score (nSPS) is 15.0. The van der Waals surface area contributed by atoms with E-state index in [0.717, 1.165) is 5.75 Å². The van der Waals surface area contributed by atoms with Crippen molar-refractivity contribution in [2.24, 2.45) is 0 Å². The zero-order valence-electron chi connectivity index (χ0n) is 2.89. The van der Waals surface area contributed by atoms with Gasteiger partial charge in [0.05, 0.1) is 0 Å². The van der Waals surface area contributed by atoms with E-state index >= 15 is 0 Å². The Morgan fingerprint density at radius 3 is 2.00 bits per heavy atom. The number of hydrogen-bond donors (Lipinski definition) is 2. The summed E-state index contributed by atoms with van der Waals surface area (Å²) in [6.45, 7) is 0. The minimum absolute atomic E-state index is 0.471. The lowest BCUT2D eigenvalue weighted by Crippen LogP contribution is -1.95. The first-order chi connectivity index (χ1) is 2.27. The fourth-order valence-electron chi connectivity index (χ4n) is 0. The lowest BCUT2D eigenvalue weighted by Gasteiger charge is -1.88. The Labute approximate surface area is 46.6 Å². The van der Waals surface area contributed by atoms with Gasteiger partial charge in [-0.25, -0.2) is 0 Å². The molecule has 0 rings (SSSR count). The molecule has 31 valence electrons. The van der Waals surface area contributed by atoms with Crippen molar-refractivity contribution in [1.29, 1.82) is 0 Å². The zero-order valence-corrected chi connectivity index (χ0v) is 6.09. The quantitative estimate of drug-likeness (QED) is 0.350. The average molecular weight is 123 g/mol. The monoisotopic (exact) mass is 123 g/mol. The van der Waals surface area contributed by atoms with E-state index < -0.39 is 0 Å². The van der Waals surface area contributed by atoms with Crippen LogP contribution in [0.3, 0.4) is 0 Å². The fraction of sp³-hybridized carbons (Fsp3) is 1.00. The Morgan fingerprint density at radius 1 is 1.80 bits per heavy atom. The molecule has 3 heteroatoms. The lowest BCUT2D eigenvalue weighted by atomic mass is 10.9. The van der Waals surface area contributed by atoms with Gasteiger partial charge in [-0.1, -0.05) is 0 Å². The molecule has 0 aliphatic carbocycles. The van der Waals surface area contributed by atoms with E-state index in [0.29, 0.717) is 4.87 Å². The van der Waals surface area contributed by atoms with Crippen molar-refractivity contribution >= 4 is 35.5 Å². The largest absolute Gasteiger partial charge is 0.179 e. The molecule has 0 N–H and O–H groups in total. The molecule has 0 amide bonds. The van der Waals surface area contributed by atoms with E-state index in [1.54, 1.807) is 0 Å². The van der Waals surface area contributed by atoms with Gasteiger partial charge in [0.25, 0.3) is 0 Å². The molecule has 0 aromatic carbocycles. The molecule has 1 unspecified atom stereocenters. The van der Waals surface area contributed by atoms with Crippen LogP contribution in [0.15, 0.2) is 0 Å². The van der Waals surface area contributed by atoms with E-state index in [1.807, 2.05) is 10.2 Å². The summed E-state index contributed by atoms with van der Waals surface area (Å²) in [4.78, 5) is 0.471. The van der Waals surface area contributed by atoms with E-state index in [4.69, 9.17) is 0 Å². The van der Waals surface area contributed by atoms with Crippen molar-refractivity contribution in [1.82, 2.24) is 0 Å². The standard InChI is InChI=1S/C2H7S2Si/c3-1-2(4)5/h2-4H,1,5H2. The highest BCUT2D eigenvalue weighted by Crippen LogP contribution is 1.87. The van der Waals surface area contributed by atoms with Crippen molar-refractivity contribution in [3.63, 3.8) is 0 Å². The van der Waals surface area contributed by atoms with Gasteiger partial charge < -0.3 is 0 Å². The number of rotatable bonds is 1. The van der Waals surface area contributed by atoms with Crippen LogP contribution in [0.5, 0.6) is 0 Å². The molecule has 0 aromatic rings. The van der Waals surface area contributed by atoms with Gasteiger partial charge >= 0.3 is 0 Å². The highest BCUT2D eigenvalue weighted by Gasteiger charge is 1.82. The molecule has 0 aliphatic rings. The second kappa shape index (κ2) is 3.12. The minimum Gasteiger partial charge on any atom is -0.179 e. The summed E-state index contributed by atoms with van der Waals surface area (Å²) < 4.78 is 0. The van der Waals surface area contributed by atoms with E-state index in [9.17, 15) is 0 Å². The molecular weight excluding hydrogens is 116 g/mol. The third-order valence-electron chi connectivity index (χ3n) is 0.211. The summed E-state index contributed by atoms with van der Waals surface area (Å²) in [6.07, 6.45) is 0. The third kappa shape index (κ3) is 4.92. The molecule has 0 heterocycles. The van der Waals surface area contributed by atoms with Crippen LogP contribution < -0.4 is 0 Å². The van der Waals surface area contributed by atoms with Gasteiger partial charge in [-0.05, 0) is 10.6 Å². The molecule has 0 fully saturated rings. The van der Waals surface area contributed by atoms with Crippen molar-refractivity contribution in [3.8, 4) is 0 Å². The topological polar surface area (TPSA) is 0 Å². The molecule has 0 saturated carbocycles. The Kier molecular flexibility index (Phi) is 3.69. The Bertz CT molecular complexity index is 21.6. The predicted octanol–water partition coefficient (Wildman–Crippen LogP) is -0.195. The second-order valence-corrected chi connectivity index (χ2v) is 3.60. The van der Waals surface area contributed by atoms with Gasteiger partial charge in [0.15, 0.2) is 0 Å². The number of thiol groups is 2. The molecule has 0 aliphatic heterocycles. The molecule has 0 saturated heterocycles. The van der Waals surface area contributed by atoms with Crippen LogP contribution in [0.1, 0.15) is 0 Å². The van der Waals surface area contributed by atoms with E-state index in [1.165, 1.54) is 0 Å². The third-order valence-corrected chi connectivity index (χ3v) is 1.90. The van der Waals surface area contributed by atoms with Gasteiger partial charge in [0.1, 0.15) is 0 Å². The molecule has 1 radical (unpaired) electrons. The summed E-state index contributed by atoms with van der Waals surface area (Å²) in [7, 11) is 1.84. The Morgan fingerprint density at radius 2 is 2.00 bits per heavy atom. The van der Waals surface area contributed by atoms with E-state index in [-0.39, 0.29) is 0 Å². The van der Waals surface area contributed by atoms with Gasteiger partial charge in [0, 0.05) is 10.2 Å².